The van der Waals surface area contributed by atoms with Gasteiger partial charge in [-0.2, -0.15) is 5.10 Å². The molecule has 6 rings (SSSR count). The Morgan fingerprint density at radius 3 is 2.68 bits per heavy atom. The quantitative estimate of drug-likeness (QED) is 0.472. The predicted molar refractivity (Wildman–Crippen MR) is 139 cm³/mol. The lowest BCUT2D eigenvalue weighted by Crippen LogP contribution is -2.52. The van der Waals surface area contributed by atoms with Crippen LogP contribution in [-0.2, 0) is 22.7 Å². The zero-order valence-electron chi connectivity index (χ0n) is 20.8. The van der Waals surface area contributed by atoms with Crippen LogP contribution in [0, 0.1) is 6.92 Å². The second-order valence-corrected chi connectivity index (χ2v) is 10.5. The van der Waals surface area contributed by atoms with E-state index in [2.05, 4.69) is 15.7 Å². The number of hydrogen-bond donors (Lipinski definition) is 2. The minimum absolute atomic E-state index is 0.211. The Morgan fingerprint density at radius 2 is 1.95 bits per heavy atom. The molecule has 1 aromatic heterocycles. The molecule has 2 fully saturated rings. The van der Waals surface area contributed by atoms with E-state index in [0.29, 0.717) is 22.7 Å². The standard InChI is InChI=1S/C28H26ClN5O4/c1-15-24(32-34(20-6-7-20)25(15)17-3-2-4-19(29)12-17)27(37)30-13-16-5-8-21-18(11-16)14-33(28(21)38)22-9-10-23(35)31-26(22)36/h2-5,8,11-12,20,22H,6-7,9-10,13-14H2,1H3,(H,30,37)(H,31,35,36). The third-order valence-electron chi connectivity index (χ3n) is 7.39. The van der Waals surface area contributed by atoms with Gasteiger partial charge < -0.3 is 10.2 Å². The van der Waals surface area contributed by atoms with Crippen molar-refractivity contribution < 1.29 is 19.2 Å². The van der Waals surface area contributed by atoms with E-state index in [1.165, 1.54) is 4.90 Å². The second kappa shape index (κ2) is 9.40. The summed E-state index contributed by atoms with van der Waals surface area (Å²) in [5, 5.41) is 10.6. The summed E-state index contributed by atoms with van der Waals surface area (Å²) >= 11 is 6.23. The molecule has 3 heterocycles. The Labute approximate surface area is 224 Å². The van der Waals surface area contributed by atoms with Crippen molar-refractivity contribution in [1.29, 1.82) is 0 Å². The number of carbonyl (C=O) groups is 4. The topological polar surface area (TPSA) is 113 Å². The number of carbonyl (C=O) groups excluding carboxylic acids is 4. The fourth-order valence-electron chi connectivity index (χ4n) is 5.30. The summed E-state index contributed by atoms with van der Waals surface area (Å²) in [6, 6.07) is 12.6. The van der Waals surface area contributed by atoms with Gasteiger partial charge in [0.25, 0.3) is 11.8 Å². The van der Waals surface area contributed by atoms with E-state index >= 15 is 0 Å². The summed E-state index contributed by atoms with van der Waals surface area (Å²) in [7, 11) is 0. The van der Waals surface area contributed by atoms with Gasteiger partial charge in [-0.25, -0.2) is 0 Å². The van der Waals surface area contributed by atoms with Crippen molar-refractivity contribution in [3.8, 4) is 11.3 Å². The minimum Gasteiger partial charge on any atom is -0.347 e. The van der Waals surface area contributed by atoms with Crippen molar-refractivity contribution in [2.24, 2.45) is 0 Å². The van der Waals surface area contributed by atoms with Crippen molar-refractivity contribution in [2.75, 3.05) is 0 Å². The fraction of sp³-hybridized carbons (Fsp3) is 0.321. The van der Waals surface area contributed by atoms with Gasteiger partial charge in [0.2, 0.25) is 11.8 Å². The molecule has 4 amide bonds. The second-order valence-electron chi connectivity index (χ2n) is 10.1. The molecule has 0 spiro atoms. The number of hydrogen-bond acceptors (Lipinski definition) is 5. The van der Waals surface area contributed by atoms with Gasteiger partial charge >= 0.3 is 0 Å². The highest BCUT2D eigenvalue weighted by Crippen LogP contribution is 2.40. The number of aromatic nitrogens is 2. The molecule has 38 heavy (non-hydrogen) atoms. The van der Waals surface area contributed by atoms with E-state index in [4.69, 9.17) is 11.6 Å². The average Bonchev–Trinajstić information content (AvgIpc) is 3.61. The Balaban J connectivity index is 1.18. The van der Waals surface area contributed by atoms with Crippen molar-refractivity contribution in [1.82, 2.24) is 25.3 Å². The van der Waals surface area contributed by atoms with Crippen molar-refractivity contribution in [2.45, 2.75) is 57.8 Å². The summed E-state index contributed by atoms with van der Waals surface area (Å²) in [5.41, 5.74) is 5.19. The monoisotopic (exact) mass is 531 g/mol. The number of amides is 4. The Hall–Kier alpha value is -3.98. The van der Waals surface area contributed by atoms with Crippen LogP contribution in [0.1, 0.15) is 69.3 Å². The highest BCUT2D eigenvalue weighted by atomic mass is 35.5. The average molecular weight is 532 g/mol. The van der Waals surface area contributed by atoms with Crippen LogP contribution in [0.3, 0.4) is 0 Å². The van der Waals surface area contributed by atoms with Crippen molar-refractivity contribution in [3.63, 3.8) is 0 Å². The smallest absolute Gasteiger partial charge is 0.272 e. The highest BCUT2D eigenvalue weighted by molar-refractivity contribution is 6.30. The lowest BCUT2D eigenvalue weighted by molar-refractivity contribution is -0.136. The van der Waals surface area contributed by atoms with E-state index in [1.807, 2.05) is 41.9 Å². The summed E-state index contributed by atoms with van der Waals surface area (Å²) in [5.74, 6) is -1.25. The van der Waals surface area contributed by atoms with Gasteiger partial charge in [0, 0.05) is 41.2 Å². The molecule has 1 saturated heterocycles. The van der Waals surface area contributed by atoms with Crippen LogP contribution in [0.15, 0.2) is 42.5 Å². The molecule has 1 aliphatic carbocycles. The Bertz CT molecular complexity index is 1510. The normalized spacial score (nSPS) is 18.9. The molecular formula is C28H26ClN5O4. The number of benzene rings is 2. The lowest BCUT2D eigenvalue weighted by Gasteiger charge is -2.29. The van der Waals surface area contributed by atoms with Crippen LogP contribution < -0.4 is 10.6 Å². The predicted octanol–water partition coefficient (Wildman–Crippen LogP) is 3.54. The molecule has 2 aromatic carbocycles. The molecule has 0 bridgehead atoms. The van der Waals surface area contributed by atoms with Gasteiger partial charge in [-0.3, -0.25) is 29.2 Å². The molecule has 3 aromatic rings. The van der Waals surface area contributed by atoms with E-state index < -0.39 is 11.9 Å². The molecular weight excluding hydrogens is 506 g/mol. The van der Waals surface area contributed by atoms with Gasteiger partial charge in [-0.1, -0.05) is 35.9 Å². The highest BCUT2D eigenvalue weighted by Gasteiger charge is 2.39. The molecule has 2 aliphatic heterocycles. The Kier molecular flexibility index (Phi) is 6.03. The van der Waals surface area contributed by atoms with Crippen molar-refractivity contribution >= 4 is 35.2 Å². The molecule has 10 heteroatoms. The van der Waals surface area contributed by atoms with Gasteiger partial charge in [-0.05, 0) is 55.5 Å². The third-order valence-corrected chi connectivity index (χ3v) is 7.63. The number of fused-ring (bicyclic) bond motifs is 1. The van der Waals surface area contributed by atoms with Crippen LogP contribution in [0.5, 0.6) is 0 Å². The molecule has 9 nitrogen and oxygen atoms in total. The zero-order valence-corrected chi connectivity index (χ0v) is 21.5. The van der Waals surface area contributed by atoms with Crippen LogP contribution >= 0.6 is 11.6 Å². The van der Waals surface area contributed by atoms with Crippen LogP contribution in [0.25, 0.3) is 11.3 Å². The number of nitrogens with zero attached hydrogens (tertiary/aromatic N) is 3. The van der Waals surface area contributed by atoms with E-state index in [0.717, 1.165) is 40.8 Å². The molecule has 1 unspecified atom stereocenters. The molecule has 2 N–H and O–H groups in total. The van der Waals surface area contributed by atoms with Crippen LogP contribution in [0.4, 0.5) is 0 Å². The number of rotatable bonds is 6. The number of imide groups is 1. The maximum Gasteiger partial charge on any atom is 0.272 e. The fourth-order valence-corrected chi connectivity index (χ4v) is 5.49. The first kappa shape index (κ1) is 24.4. The first-order valence-corrected chi connectivity index (χ1v) is 13.1. The number of nitrogens with one attached hydrogen (secondary N) is 2. The molecule has 0 radical (unpaired) electrons. The lowest BCUT2D eigenvalue weighted by atomic mass is 10.0. The zero-order chi connectivity index (χ0) is 26.6. The van der Waals surface area contributed by atoms with E-state index in [9.17, 15) is 19.2 Å². The maximum absolute atomic E-state index is 13.2. The van der Waals surface area contributed by atoms with Gasteiger partial charge in [0.1, 0.15) is 6.04 Å². The first-order chi connectivity index (χ1) is 18.3. The molecule has 1 saturated carbocycles. The summed E-state index contributed by atoms with van der Waals surface area (Å²) in [6.45, 7) is 2.46. The minimum atomic E-state index is -0.658. The molecule has 1 atom stereocenters. The first-order valence-electron chi connectivity index (χ1n) is 12.7. The van der Waals surface area contributed by atoms with Gasteiger partial charge in [0.15, 0.2) is 5.69 Å². The largest absolute Gasteiger partial charge is 0.347 e. The number of halogens is 1. The summed E-state index contributed by atoms with van der Waals surface area (Å²) in [4.78, 5) is 51.4. The van der Waals surface area contributed by atoms with E-state index in [-0.39, 0.29) is 43.3 Å². The van der Waals surface area contributed by atoms with Gasteiger partial charge in [-0.15, -0.1) is 0 Å². The Morgan fingerprint density at radius 1 is 1.13 bits per heavy atom. The summed E-state index contributed by atoms with van der Waals surface area (Å²) < 4.78 is 1.94. The van der Waals surface area contributed by atoms with E-state index in [1.54, 1.807) is 12.1 Å². The van der Waals surface area contributed by atoms with Gasteiger partial charge in [0.05, 0.1) is 11.7 Å². The summed E-state index contributed by atoms with van der Waals surface area (Å²) in [6.07, 6.45) is 2.58. The molecule has 3 aliphatic rings. The maximum atomic E-state index is 13.2. The van der Waals surface area contributed by atoms with Crippen molar-refractivity contribution in [3.05, 3.63) is 75.4 Å². The number of piperidine rings is 1. The van der Waals surface area contributed by atoms with Crippen LogP contribution in [0.2, 0.25) is 5.02 Å². The van der Waals surface area contributed by atoms with Crippen LogP contribution in [-0.4, -0.2) is 44.4 Å². The molecule has 194 valence electrons. The third kappa shape index (κ3) is 4.36. The SMILES string of the molecule is Cc1c(C(=O)NCc2ccc3c(c2)CN(C2CCC(=O)NC2=O)C3=O)nn(C2CC2)c1-c1cccc(Cl)c1.